The molecule has 1 aliphatic heterocycles. The van der Waals surface area contributed by atoms with Gasteiger partial charge in [0.15, 0.2) is 8.32 Å². The van der Waals surface area contributed by atoms with Crippen LogP contribution in [-0.4, -0.2) is 73.4 Å². The quantitative estimate of drug-likeness (QED) is 0.105. The molecule has 0 spiro atoms. The van der Waals surface area contributed by atoms with E-state index in [0.29, 0.717) is 36.9 Å². The number of oxime groups is 1. The normalized spacial score (nSPS) is 37.5. The Morgan fingerprint density at radius 1 is 1.11 bits per heavy atom. The molecule has 0 bridgehead atoms. The molecular weight excluding hydrogens is 570 g/mol. The molecule has 2 amide bonds. The minimum Gasteiger partial charge on any atom is -0.465 e. The number of rotatable bonds is 6. The fraction of sp³-hybridized carbons (Fsp3) is 0.857. The van der Waals surface area contributed by atoms with Crippen molar-refractivity contribution < 1.29 is 24.0 Å². The van der Waals surface area contributed by atoms with Gasteiger partial charge >= 0.3 is 12.2 Å². The average molecular weight is 630 g/mol. The van der Waals surface area contributed by atoms with Crippen LogP contribution in [0.3, 0.4) is 0 Å². The first-order valence-electron chi connectivity index (χ1n) is 17.3. The molecule has 4 aliphatic carbocycles. The van der Waals surface area contributed by atoms with Gasteiger partial charge in [0, 0.05) is 32.2 Å². The number of amides is 2. The highest BCUT2D eigenvalue weighted by Crippen LogP contribution is 2.66. The van der Waals surface area contributed by atoms with E-state index in [2.05, 4.69) is 58.9 Å². The largest absolute Gasteiger partial charge is 0.465 e. The number of likely N-dealkylation sites (tertiary alicyclic amines) is 1. The minimum absolute atomic E-state index is 0.170. The third-order valence-corrected chi connectivity index (χ3v) is 18.1. The van der Waals surface area contributed by atoms with Gasteiger partial charge in [0.05, 0.1) is 11.8 Å². The van der Waals surface area contributed by atoms with E-state index < -0.39 is 20.5 Å². The zero-order chi connectivity index (χ0) is 32.2. The van der Waals surface area contributed by atoms with Crippen molar-refractivity contribution in [3.8, 4) is 0 Å². The van der Waals surface area contributed by atoms with Crippen molar-refractivity contribution in [3.63, 3.8) is 0 Å². The lowest BCUT2D eigenvalue weighted by Crippen LogP contribution is -2.52. The topological polar surface area (TPSA) is 91.7 Å². The molecule has 44 heavy (non-hydrogen) atoms. The zero-order valence-electron chi connectivity index (χ0n) is 28.9. The van der Waals surface area contributed by atoms with E-state index in [0.717, 1.165) is 37.3 Å². The number of hydrogen-bond donors (Lipinski definition) is 1. The Morgan fingerprint density at radius 3 is 2.52 bits per heavy atom. The summed E-state index contributed by atoms with van der Waals surface area (Å²) in [7, 11) is -0.121. The zero-order valence-corrected chi connectivity index (χ0v) is 29.9. The highest BCUT2D eigenvalue weighted by Gasteiger charge is 2.59. The Kier molecular flexibility index (Phi) is 9.17. The van der Waals surface area contributed by atoms with Crippen molar-refractivity contribution >= 4 is 26.2 Å². The van der Waals surface area contributed by atoms with Gasteiger partial charge in [-0.3, -0.25) is 4.84 Å². The highest BCUT2D eigenvalue weighted by molar-refractivity contribution is 6.74. The van der Waals surface area contributed by atoms with Gasteiger partial charge in [-0.1, -0.05) is 51.4 Å². The van der Waals surface area contributed by atoms with Crippen molar-refractivity contribution in [1.29, 1.82) is 0 Å². The molecule has 1 heterocycles. The maximum Gasteiger partial charge on any atom is 0.435 e. The van der Waals surface area contributed by atoms with Gasteiger partial charge in [-0.15, -0.1) is 0 Å². The number of likely N-dealkylation sites (N-methyl/N-ethyl adjacent to an activating group) is 1. The highest BCUT2D eigenvalue weighted by atomic mass is 28.4. The lowest BCUT2D eigenvalue weighted by molar-refractivity contribution is -0.0415. The SMILES string of the molecule is CC(=NOC(=O)N(C)CC1CCCN1C(=O)O)[C@H]1CC[C@H]2[C@@H]3CC=C4C[C@@H](O[Si](C)(C)C(C)(C)C)CC[C@]4(C)[C@H]3CC[C@]12C. The lowest BCUT2D eigenvalue weighted by atomic mass is 9.47. The fourth-order valence-electron chi connectivity index (χ4n) is 9.92. The number of carbonyl (C=O) groups excluding carboxylic acids is 1. The second kappa shape index (κ2) is 12.1. The number of nitrogens with zero attached hydrogens (tertiary/aromatic N) is 3. The van der Waals surface area contributed by atoms with E-state index in [1.807, 2.05) is 6.92 Å². The maximum absolute atomic E-state index is 12.8. The van der Waals surface area contributed by atoms with Gasteiger partial charge in [-0.25, -0.2) is 9.59 Å². The summed E-state index contributed by atoms with van der Waals surface area (Å²) < 4.78 is 6.92. The van der Waals surface area contributed by atoms with Gasteiger partial charge in [0.25, 0.3) is 0 Å². The molecule has 248 valence electrons. The molecule has 8 atom stereocenters. The van der Waals surface area contributed by atoms with E-state index >= 15 is 0 Å². The second-order valence-electron chi connectivity index (χ2n) is 16.9. The van der Waals surface area contributed by atoms with Crippen LogP contribution >= 0.6 is 0 Å². The van der Waals surface area contributed by atoms with Crippen LogP contribution in [0.15, 0.2) is 16.8 Å². The first-order valence-corrected chi connectivity index (χ1v) is 20.2. The van der Waals surface area contributed by atoms with E-state index in [1.165, 1.54) is 48.3 Å². The minimum atomic E-state index is -1.79. The van der Waals surface area contributed by atoms with Gasteiger partial charge in [0.1, 0.15) is 0 Å². The molecule has 0 aromatic heterocycles. The summed E-state index contributed by atoms with van der Waals surface area (Å²) in [6, 6.07) is -0.188. The summed E-state index contributed by atoms with van der Waals surface area (Å²) in [5, 5.41) is 14.1. The second-order valence-corrected chi connectivity index (χ2v) is 21.7. The molecule has 8 nitrogen and oxygen atoms in total. The molecule has 0 aromatic rings. The van der Waals surface area contributed by atoms with Gasteiger partial charge < -0.3 is 19.3 Å². The molecule has 3 saturated carbocycles. The molecule has 1 saturated heterocycles. The first kappa shape index (κ1) is 33.5. The molecule has 5 rings (SSSR count). The van der Waals surface area contributed by atoms with Crippen LogP contribution in [0, 0.1) is 34.5 Å². The molecule has 0 radical (unpaired) electrons. The molecule has 9 heteroatoms. The van der Waals surface area contributed by atoms with Crippen molar-refractivity contribution in [2.24, 2.45) is 39.7 Å². The van der Waals surface area contributed by atoms with Crippen molar-refractivity contribution in [2.75, 3.05) is 20.1 Å². The van der Waals surface area contributed by atoms with Crippen LogP contribution < -0.4 is 0 Å². The molecule has 0 aromatic carbocycles. The average Bonchev–Trinajstić information content (AvgIpc) is 3.55. The van der Waals surface area contributed by atoms with Crippen LogP contribution in [0.2, 0.25) is 18.1 Å². The van der Waals surface area contributed by atoms with E-state index in [4.69, 9.17) is 9.26 Å². The van der Waals surface area contributed by atoms with Gasteiger partial charge in [0.2, 0.25) is 0 Å². The predicted molar refractivity (Wildman–Crippen MR) is 177 cm³/mol. The predicted octanol–water partition coefficient (Wildman–Crippen LogP) is 8.54. The fourth-order valence-corrected chi connectivity index (χ4v) is 11.3. The Balaban J connectivity index is 1.22. The molecular formula is C35H59N3O5Si. The molecule has 4 fully saturated rings. The van der Waals surface area contributed by atoms with Crippen LogP contribution in [0.1, 0.15) is 106 Å². The number of allylic oxidation sites excluding steroid dienone is 1. The van der Waals surface area contributed by atoms with Gasteiger partial charge in [-0.05, 0) is 118 Å². The Morgan fingerprint density at radius 2 is 1.84 bits per heavy atom. The number of carboxylic acid groups (broad SMARTS) is 1. The third-order valence-electron chi connectivity index (χ3n) is 13.5. The third kappa shape index (κ3) is 6.01. The smallest absolute Gasteiger partial charge is 0.435 e. The van der Waals surface area contributed by atoms with Crippen molar-refractivity contribution in [3.05, 3.63) is 11.6 Å². The summed E-state index contributed by atoms with van der Waals surface area (Å²) in [6.45, 7) is 19.7. The standard InChI is InChI=1S/C35H59N3O5Si/c1-23(36-42-32(41)37(7)22-25-11-10-20-38(25)31(39)40)28-14-15-29-27-13-12-24-21-26(43-44(8,9)33(2,3)4)16-18-34(24,5)30(27)17-19-35(28,29)6/h12,25-30H,10-11,13-22H2,1-9H3,(H,39,40)/t25?,26-,27-,28+,29-,30-,34-,35+/m0/s1. The van der Waals surface area contributed by atoms with E-state index in [1.54, 1.807) is 12.6 Å². The van der Waals surface area contributed by atoms with E-state index in [9.17, 15) is 14.7 Å². The summed E-state index contributed by atoms with van der Waals surface area (Å²) in [4.78, 5) is 32.7. The summed E-state index contributed by atoms with van der Waals surface area (Å²) >= 11 is 0. The Labute approximate surface area is 267 Å². The summed E-state index contributed by atoms with van der Waals surface area (Å²) in [5.74, 6) is 2.42. The summed E-state index contributed by atoms with van der Waals surface area (Å²) in [6.07, 6.45) is 12.6. The molecule has 1 unspecified atom stereocenters. The number of carbonyl (C=O) groups is 2. The number of fused-ring (bicyclic) bond motifs is 5. The van der Waals surface area contributed by atoms with E-state index in [-0.39, 0.29) is 21.9 Å². The first-order chi connectivity index (χ1) is 20.5. The maximum atomic E-state index is 12.8. The van der Waals surface area contributed by atoms with Crippen molar-refractivity contribution in [1.82, 2.24) is 9.80 Å². The lowest BCUT2D eigenvalue weighted by Gasteiger charge is -2.58. The molecule has 5 aliphatic rings. The monoisotopic (exact) mass is 629 g/mol. The van der Waals surface area contributed by atoms with Crippen LogP contribution in [0.4, 0.5) is 9.59 Å². The van der Waals surface area contributed by atoms with Crippen molar-refractivity contribution in [2.45, 2.75) is 136 Å². The Bertz CT molecular complexity index is 1180. The van der Waals surface area contributed by atoms with Crippen LogP contribution in [-0.2, 0) is 9.26 Å². The Hall–Kier alpha value is -1.87. The molecule has 1 N–H and O–H groups in total. The number of hydrogen-bond acceptors (Lipinski definition) is 5. The van der Waals surface area contributed by atoms with Crippen LogP contribution in [0.25, 0.3) is 0 Å². The van der Waals surface area contributed by atoms with Crippen LogP contribution in [0.5, 0.6) is 0 Å². The summed E-state index contributed by atoms with van der Waals surface area (Å²) in [5.41, 5.74) is 3.05. The van der Waals surface area contributed by atoms with Gasteiger partial charge in [-0.2, -0.15) is 0 Å².